The van der Waals surface area contributed by atoms with Gasteiger partial charge in [0.05, 0.1) is 22.2 Å². The zero-order valence-electron chi connectivity index (χ0n) is 16.7. The molecule has 0 aliphatic carbocycles. The summed E-state index contributed by atoms with van der Waals surface area (Å²) < 4.78 is 32.9. The Bertz CT molecular complexity index is 1440. The molecular formula is C22H19N3O4S2. The van der Waals surface area contributed by atoms with E-state index in [1.807, 2.05) is 19.1 Å². The molecule has 158 valence electrons. The molecule has 3 aromatic carbocycles. The van der Waals surface area contributed by atoms with Crippen LogP contribution >= 0.6 is 11.3 Å². The number of hydrogen-bond donors (Lipinski definition) is 2. The van der Waals surface area contributed by atoms with Crippen molar-refractivity contribution < 1.29 is 17.9 Å². The predicted molar refractivity (Wildman–Crippen MR) is 120 cm³/mol. The van der Waals surface area contributed by atoms with Gasteiger partial charge in [-0.25, -0.2) is 12.4 Å². The van der Waals surface area contributed by atoms with Crippen molar-refractivity contribution in [3.05, 3.63) is 82.7 Å². The first-order valence-electron chi connectivity index (χ1n) is 9.27. The quantitative estimate of drug-likeness (QED) is 0.477. The number of aryl methyl sites for hydroxylation is 1. The number of aromatic nitrogens is 1. The van der Waals surface area contributed by atoms with Crippen molar-refractivity contribution in [2.45, 2.75) is 11.8 Å². The monoisotopic (exact) mass is 453 g/mol. The van der Waals surface area contributed by atoms with Gasteiger partial charge in [0.2, 0.25) is 0 Å². The Labute approximate surface area is 183 Å². The fourth-order valence-corrected chi connectivity index (χ4v) is 5.73. The van der Waals surface area contributed by atoms with Gasteiger partial charge in [-0.15, -0.1) is 0 Å². The molecule has 0 unspecified atom stereocenters. The molecule has 0 radical (unpaired) electrons. The minimum atomic E-state index is -3.96. The molecule has 7 nitrogen and oxygen atoms in total. The molecule has 4 aromatic rings. The zero-order chi connectivity index (χ0) is 22.2. The highest BCUT2D eigenvalue weighted by Gasteiger charge is 2.22. The number of amides is 1. The highest BCUT2D eigenvalue weighted by atomic mass is 32.2. The molecule has 1 heterocycles. The summed E-state index contributed by atoms with van der Waals surface area (Å²) in [5.74, 6) is 0.278. The maximum atomic E-state index is 13.1. The van der Waals surface area contributed by atoms with Gasteiger partial charge in [0.25, 0.3) is 15.9 Å². The van der Waals surface area contributed by atoms with E-state index in [1.54, 1.807) is 42.5 Å². The van der Waals surface area contributed by atoms with Crippen molar-refractivity contribution in [3.63, 3.8) is 0 Å². The summed E-state index contributed by atoms with van der Waals surface area (Å²) in [6, 6.07) is 18.1. The lowest BCUT2D eigenvalue weighted by Gasteiger charge is -2.09. The Hall–Kier alpha value is -3.43. The van der Waals surface area contributed by atoms with Gasteiger partial charge in [0, 0.05) is 11.3 Å². The molecule has 0 saturated carbocycles. The van der Waals surface area contributed by atoms with Crippen LogP contribution in [0.25, 0.3) is 10.2 Å². The third-order valence-electron chi connectivity index (χ3n) is 4.74. The second-order valence-corrected chi connectivity index (χ2v) is 9.67. The number of anilines is 1. The van der Waals surface area contributed by atoms with E-state index in [4.69, 9.17) is 10.1 Å². The van der Waals surface area contributed by atoms with Gasteiger partial charge in [0.1, 0.15) is 5.75 Å². The normalized spacial score (nSPS) is 11.4. The highest BCUT2D eigenvalue weighted by molar-refractivity contribution is 7.90. The van der Waals surface area contributed by atoms with Crippen LogP contribution < -0.4 is 14.9 Å². The van der Waals surface area contributed by atoms with Crippen LogP contribution in [0.1, 0.15) is 15.9 Å². The molecule has 4 rings (SSSR count). The van der Waals surface area contributed by atoms with Crippen molar-refractivity contribution >= 4 is 43.2 Å². The summed E-state index contributed by atoms with van der Waals surface area (Å²) in [6.07, 6.45) is 0. The number of carbonyl (C=O) groups excluding carboxylic acids is 1. The second-order valence-electron chi connectivity index (χ2n) is 6.85. The fraction of sp³-hybridized carbons (Fsp3) is 0.0909. The minimum Gasteiger partial charge on any atom is -0.497 e. The lowest BCUT2D eigenvalue weighted by molar-refractivity contribution is 0.102. The SMILES string of the molecule is COc1ccc(S(=O)(=O)n2c(=N)sc3cc(NC(=O)c4ccc(C)cc4)ccc32)cc1. The second kappa shape index (κ2) is 8.01. The van der Waals surface area contributed by atoms with Crippen LogP contribution in [0.15, 0.2) is 71.6 Å². The van der Waals surface area contributed by atoms with E-state index >= 15 is 0 Å². The molecule has 0 atom stereocenters. The Morgan fingerprint density at radius 3 is 2.35 bits per heavy atom. The van der Waals surface area contributed by atoms with E-state index in [1.165, 1.54) is 19.2 Å². The molecule has 1 aromatic heterocycles. The number of carbonyl (C=O) groups is 1. The molecule has 0 saturated heterocycles. The maximum absolute atomic E-state index is 13.1. The summed E-state index contributed by atoms with van der Waals surface area (Å²) in [5, 5.41) is 11.1. The van der Waals surface area contributed by atoms with Gasteiger partial charge in [-0.1, -0.05) is 29.0 Å². The number of benzene rings is 3. The summed E-state index contributed by atoms with van der Waals surface area (Å²) in [7, 11) is -2.46. The van der Waals surface area contributed by atoms with E-state index in [9.17, 15) is 13.2 Å². The Morgan fingerprint density at radius 2 is 1.71 bits per heavy atom. The number of rotatable bonds is 5. The van der Waals surface area contributed by atoms with Gasteiger partial charge in [0.15, 0.2) is 4.80 Å². The molecule has 1 amide bonds. The number of thiazole rings is 1. The number of fused-ring (bicyclic) bond motifs is 1. The summed E-state index contributed by atoms with van der Waals surface area (Å²) in [6.45, 7) is 1.94. The third kappa shape index (κ3) is 3.97. The van der Waals surface area contributed by atoms with E-state index in [2.05, 4.69) is 5.32 Å². The Kier molecular flexibility index (Phi) is 5.38. The molecule has 0 fully saturated rings. The average Bonchev–Trinajstić information content (AvgIpc) is 3.09. The molecule has 0 bridgehead atoms. The van der Waals surface area contributed by atoms with E-state index < -0.39 is 10.0 Å². The topological polar surface area (TPSA) is 101 Å². The van der Waals surface area contributed by atoms with Crippen LogP contribution in [0.3, 0.4) is 0 Å². The van der Waals surface area contributed by atoms with Crippen LogP contribution in [0.5, 0.6) is 5.75 Å². The number of ether oxygens (including phenoxy) is 1. The first kappa shape index (κ1) is 20.8. The predicted octanol–water partition coefficient (Wildman–Crippen LogP) is 3.99. The van der Waals surface area contributed by atoms with Gasteiger partial charge < -0.3 is 10.1 Å². The summed E-state index contributed by atoms with van der Waals surface area (Å²) >= 11 is 1.02. The lowest BCUT2D eigenvalue weighted by atomic mass is 10.1. The molecule has 0 aliphatic heterocycles. The van der Waals surface area contributed by atoms with Crippen molar-refractivity contribution in [3.8, 4) is 5.75 Å². The van der Waals surface area contributed by atoms with Crippen molar-refractivity contribution in [2.75, 3.05) is 12.4 Å². The Balaban J connectivity index is 1.69. The molecule has 2 N–H and O–H groups in total. The summed E-state index contributed by atoms with van der Waals surface area (Å²) in [5.41, 5.74) is 2.48. The highest BCUT2D eigenvalue weighted by Crippen LogP contribution is 2.26. The number of hydrogen-bond acceptors (Lipinski definition) is 6. The van der Waals surface area contributed by atoms with Crippen molar-refractivity contribution in [1.29, 1.82) is 5.41 Å². The van der Waals surface area contributed by atoms with Crippen LogP contribution in [0, 0.1) is 12.3 Å². The third-order valence-corrected chi connectivity index (χ3v) is 7.51. The van der Waals surface area contributed by atoms with Gasteiger partial charge in [-0.05, 0) is 61.5 Å². The number of nitrogens with one attached hydrogen (secondary N) is 2. The first-order valence-corrected chi connectivity index (χ1v) is 11.5. The maximum Gasteiger partial charge on any atom is 0.270 e. The van der Waals surface area contributed by atoms with Gasteiger partial charge in [-0.3, -0.25) is 10.2 Å². The van der Waals surface area contributed by atoms with Crippen LogP contribution in [-0.2, 0) is 10.0 Å². The molecule has 0 aliphatic rings. The zero-order valence-corrected chi connectivity index (χ0v) is 18.4. The van der Waals surface area contributed by atoms with Gasteiger partial charge >= 0.3 is 0 Å². The van der Waals surface area contributed by atoms with Crippen LogP contribution in [0.2, 0.25) is 0 Å². The van der Waals surface area contributed by atoms with E-state index in [0.29, 0.717) is 27.2 Å². The molecular weight excluding hydrogens is 434 g/mol. The molecule has 9 heteroatoms. The Morgan fingerprint density at radius 1 is 1.03 bits per heavy atom. The van der Waals surface area contributed by atoms with E-state index in [0.717, 1.165) is 20.9 Å². The number of nitrogens with zero attached hydrogens (tertiary/aromatic N) is 1. The summed E-state index contributed by atoms with van der Waals surface area (Å²) in [4.78, 5) is 12.4. The minimum absolute atomic E-state index is 0.0586. The lowest BCUT2D eigenvalue weighted by Crippen LogP contribution is -2.22. The molecule has 31 heavy (non-hydrogen) atoms. The largest absolute Gasteiger partial charge is 0.497 e. The molecule has 0 spiro atoms. The van der Waals surface area contributed by atoms with Crippen LogP contribution in [0.4, 0.5) is 5.69 Å². The average molecular weight is 454 g/mol. The van der Waals surface area contributed by atoms with Crippen molar-refractivity contribution in [2.24, 2.45) is 0 Å². The van der Waals surface area contributed by atoms with Crippen LogP contribution in [-0.4, -0.2) is 25.4 Å². The standard InChI is InChI=1S/C22H19N3O4S2/c1-14-3-5-15(6-4-14)21(26)24-16-7-12-19-20(13-16)30-22(23)25(19)31(27,28)18-10-8-17(29-2)9-11-18/h3-13,23H,1-2H3,(H,24,26). The van der Waals surface area contributed by atoms with Gasteiger partial charge in [-0.2, -0.15) is 0 Å². The smallest absolute Gasteiger partial charge is 0.270 e. The first-order chi connectivity index (χ1) is 14.8. The number of methoxy groups -OCH3 is 1. The van der Waals surface area contributed by atoms with E-state index in [-0.39, 0.29) is 15.6 Å². The fourth-order valence-electron chi connectivity index (χ4n) is 3.10. The van der Waals surface area contributed by atoms with Crippen molar-refractivity contribution in [1.82, 2.24) is 3.97 Å².